The Hall–Kier alpha value is -2.44. The van der Waals surface area contributed by atoms with Gasteiger partial charge in [-0.3, -0.25) is 9.48 Å². The van der Waals surface area contributed by atoms with Crippen LogP contribution in [0.5, 0.6) is 0 Å². The Morgan fingerprint density at radius 3 is 2.95 bits per heavy atom. The van der Waals surface area contributed by atoms with Crippen molar-refractivity contribution in [3.05, 3.63) is 35.9 Å². The molecule has 7 nitrogen and oxygen atoms in total. The average molecular weight is 300 g/mol. The van der Waals surface area contributed by atoms with Gasteiger partial charge in [0, 0.05) is 44.3 Å². The number of hydrogen-bond acceptors (Lipinski definition) is 5. The molecule has 1 aliphatic rings. The van der Waals surface area contributed by atoms with Crippen LogP contribution in [0.15, 0.2) is 24.5 Å². The first-order valence-corrected chi connectivity index (χ1v) is 7.47. The lowest BCUT2D eigenvalue weighted by Crippen LogP contribution is -2.48. The molecule has 0 spiro atoms. The summed E-state index contributed by atoms with van der Waals surface area (Å²) in [4.78, 5) is 23.2. The molecule has 2 aromatic rings. The van der Waals surface area contributed by atoms with Gasteiger partial charge in [0.15, 0.2) is 0 Å². The van der Waals surface area contributed by atoms with Gasteiger partial charge in [0.25, 0.3) is 5.91 Å². The molecule has 116 valence electrons. The molecular weight excluding hydrogens is 280 g/mol. The molecule has 1 atom stereocenters. The normalized spacial score (nSPS) is 18.3. The summed E-state index contributed by atoms with van der Waals surface area (Å²) < 4.78 is 1.58. The summed E-state index contributed by atoms with van der Waals surface area (Å²) in [5.41, 5.74) is 1.52. The second-order valence-corrected chi connectivity index (χ2v) is 5.60. The van der Waals surface area contributed by atoms with Crippen LogP contribution in [0.25, 0.3) is 0 Å². The van der Waals surface area contributed by atoms with Crippen LogP contribution in [0.3, 0.4) is 0 Å². The molecule has 0 bridgehead atoms. The van der Waals surface area contributed by atoms with E-state index in [1.54, 1.807) is 30.2 Å². The van der Waals surface area contributed by atoms with Crippen LogP contribution in [0.4, 0.5) is 5.95 Å². The van der Waals surface area contributed by atoms with E-state index in [4.69, 9.17) is 0 Å². The number of anilines is 1. The molecule has 3 heterocycles. The smallest absolute Gasteiger partial charge is 0.269 e. The third kappa shape index (κ3) is 3.08. The summed E-state index contributed by atoms with van der Waals surface area (Å²) in [5.74, 6) is 0.650. The first-order chi connectivity index (χ1) is 10.6. The lowest BCUT2D eigenvalue weighted by molar-refractivity contribution is 0.0923. The van der Waals surface area contributed by atoms with Crippen molar-refractivity contribution >= 4 is 11.9 Å². The summed E-state index contributed by atoms with van der Waals surface area (Å²) in [5, 5.41) is 7.11. The third-order valence-corrected chi connectivity index (χ3v) is 3.88. The number of hydrogen-bond donors (Lipinski definition) is 1. The molecule has 1 aliphatic heterocycles. The van der Waals surface area contributed by atoms with Gasteiger partial charge in [0.1, 0.15) is 5.69 Å². The van der Waals surface area contributed by atoms with E-state index in [0.717, 1.165) is 37.6 Å². The van der Waals surface area contributed by atoms with Crippen molar-refractivity contribution in [2.45, 2.75) is 25.8 Å². The van der Waals surface area contributed by atoms with Crippen LogP contribution in [0, 0.1) is 6.92 Å². The first-order valence-electron chi connectivity index (χ1n) is 7.47. The van der Waals surface area contributed by atoms with Crippen molar-refractivity contribution in [2.24, 2.45) is 7.05 Å². The maximum Gasteiger partial charge on any atom is 0.269 e. The molecule has 1 unspecified atom stereocenters. The van der Waals surface area contributed by atoms with Gasteiger partial charge in [-0.05, 0) is 31.9 Å². The number of nitrogens with zero attached hydrogens (tertiary/aromatic N) is 5. The van der Waals surface area contributed by atoms with Crippen LogP contribution in [-0.2, 0) is 7.05 Å². The molecular formula is C15H20N6O. The summed E-state index contributed by atoms with van der Waals surface area (Å²) in [6.07, 6.45) is 5.37. The van der Waals surface area contributed by atoms with E-state index in [1.165, 1.54) is 0 Å². The molecule has 1 N–H and O–H groups in total. The highest BCUT2D eigenvalue weighted by Gasteiger charge is 2.24. The van der Waals surface area contributed by atoms with E-state index < -0.39 is 0 Å². The zero-order chi connectivity index (χ0) is 15.5. The van der Waals surface area contributed by atoms with Gasteiger partial charge in [0.05, 0.1) is 0 Å². The van der Waals surface area contributed by atoms with Gasteiger partial charge in [-0.2, -0.15) is 5.10 Å². The van der Waals surface area contributed by atoms with Crippen LogP contribution >= 0.6 is 0 Å². The fourth-order valence-corrected chi connectivity index (χ4v) is 2.72. The fourth-order valence-electron chi connectivity index (χ4n) is 2.72. The molecule has 7 heteroatoms. The average Bonchev–Trinajstić information content (AvgIpc) is 2.94. The highest BCUT2D eigenvalue weighted by Crippen LogP contribution is 2.16. The summed E-state index contributed by atoms with van der Waals surface area (Å²) >= 11 is 0. The Labute approximate surface area is 129 Å². The van der Waals surface area contributed by atoms with Crippen molar-refractivity contribution in [2.75, 3.05) is 18.0 Å². The van der Waals surface area contributed by atoms with Crippen LogP contribution in [-0.4, -0.2) is 44.8 Å². The summed E-state index contributed by atoms with van der Waals surface area (Å²) in [7, 11) is 1.77. The Morgan fingerprint density at radius 2 is 2.23 bits per heavy atom. The maximum absolute atomic E-state index is 12.3. The van der Waals surface area contributed by atoms with Crippen molar-refractivity contribution < 1.29 is 4.79 Å². The Morgan fingerprint density at radius 1 is 1.36 bits per heavy atom. The molecule has 1 fully saturated rings. The number of carbonyl (C=O) groups excluding carboxylic acids is 1. The van der Waals surface area contributed by atoms with Crippen molar-refractivity contribution in [3.63, 3.8) is 0 Å². The monoisotopic (exact) mass is 300 g/mol. The van der Waals surface area contributed by atoms with Gasteiger partial charge in [-0.15, -0.1) is 0 Å². The second-order valence-electron chi connectivity index (χ2n) is 5.60. The van der Waals surface area contributed by atoms with E-state index in [-0.39, 0.29) is 11.9 Å². The second kappa shape index (κ2) is 6.13. The highest BCUT2D eigenvalue weighted by atomic mass is 16.2. The molecule has 22 heavy (non-hydrogen) atoms. The quantitative estimate of drug-likeness (QED) is 0.912. The number of carbonyl (C=O) groups is 1. The minimum Gasteiger partial charge on any atom is -0.346 e. The first kappa shape index (κ1) is 14.5. The molecule has 1 saturated heterocycles. The summed E-state index contributed by atoms with van der Waals surface area (Å²) in [6, 6.07) is 3.70. The van der Waals surface area contributed by atoms with Crippen molar-refractivity contribution in [1.82, 2.24) is 25.1 Å². The van der Waals surface area contributed by atoms with Gasteiger partial charge < -0.3 is 10.2 Å². The van der Waals surface area contributed by atoms with E-state index >= 15 is 0 Å². The minimum atomic E-state index is -0.0861. The third-order valence-electron chi connectivity index (χ3n) is 3.88. The van der Waals surface area contributed by atoms with E-state index in [2.05, 4.69) is 25.3 Å². The van der Waals surface area contributed by atoms with Gasteiger partial charge in [0.2, 0.25) is 5.95 Å². The molecule has 3 rings (SSSR count). The van der Waals surface area contributed by atoms with E-state index in [1.807, 2.05) is 13.0 Å². The number of aryl methyl sites for hydroxylation is 2. The topological polar surface area (TPSA) is 75.9 Å². The SMILES string of the molecule is Cc1ccnc(N2CCCC(NC(=O)c3ccnn3C)C2)n1. The zero-order valence-corrected chi connectivity index (χ0v) is 12.9. The number of rotatable bonds is 3. The maximum atomic E-state index is 12.3. The van der Waals surface area contributed by atoms with Gasteiger partial charge in [-0.1, -0.05) is 0 Å². The van der Waals surface area contributed by atoms with E-state index in [0.29, 0.717) is 5.69 Å². The Kier molecular flexibility index (Phi) is 4.04. The standard InChI is InChI=1S/C15H20N6O/c1-11-5-7-16-15(18-11)21-9-3-4-12(10-21)19-14(22)13-6-8-17-20(13)2/h5-8,12H,3-4,9-10H2,1-2H3,(H,19,22). The number of amides is 1. The summed E-state index contributed by atoms with van der Waals surface area (Å²) in [6.45, 7) is 3.60. The molecule has 0 aliphatic carbocycles. The lowest BCUT2D eigenvalue weighted by atomic mass is 10.1. The van der Waals surface area contributed by atoms with Gasteiger partial charge >= 0.3 is 0 Å². The zero-order valence-electron chi connectivity index (χ0n) is 12.9. The van der Waals surface area contributed by atoms with Crippen LogP contribution < -0.4 is 10.2 Å². The molecule has 0 radical (unpaired) electrons. The van der Waals surface area contributed by atoms with E-state index in [9.17, 15) is 4.79 Å². The van der Waals surface area contributed by atoms with Crippen LogP contribution in [0.1, 0.15) is 29.0 Å². The Bertz CT molecular complexity index is 668. The van der Waals surface area contributed by atoms with Crippen molar-refractivity contribution in [1.29, 1.82) is 0 Å². The number of piperidine rings is 1. The minimum absolute atomic E-state index is 0.0861. The predicted molar refractivity (Wildman–Crippen MR) is 82.7 cm³/mol. The predicted octanol–water partition coefficient (Wildman–Crippen LogP) is 0.917. The van der Waals surface area contributed by atoms with Gasteiger partial charge in [-0.25, -0.2) is 9.97 Å². The largest absolute Gasteiger partial charge is 0.346 e. The Balaban J connectivity index is 1.66. The molecule has 1 amide bonds. The fraction of sp³-hybridized carbons (Fsp3) is 0.467. The lowest BCUT2D eigenvalue weighted by Gasteiger charge is -2.33. The van der Waals surface area contributed by atoms with Crippen molar-refractivity contribution in [3.8, 4) is 0 Å². The van der Waals surface area contributed by atoms with Crippen LogP contribution in [0.2, 0.25) is 0 Å². The number of nitrogens with one attached hydrogen (secondary N) is 1. The number of aromatic nitrogens is 4. The highest BCUT2D eigenvalue weighted by molar-refractivity contribution is 5.92. The molecule has 2 aromatic heterocycles. The molecule has 0 saturated carbocycles. The molecule has 0 aromatic carbocycles.